The summed E-state index contributed by atoms with van der Waals surface area (Å²) in [6.45, 7) is -0.738. The fourth-order valence-corrected chi connectivity index (χ4v) is 6.45. The normalized spacial score (nSPS) is 28.3. The van der Waals surface area contributed by atoms with E-state index in [0.717, 1.165) is 12.8 Å². The van der Waals surface area contributed by atoms with E-state index in [9.17, 15) is 32.3 Å². The summed E-state index contributed by atoms with van der Waals surface area (Å²) < 4.78 is 53.1. The Morgan fingerprint density at radius 2 is 1.64 bits per heavy atom. The summed E-state index contributed by atoms with van der Waals surface area (Å²) in [5, 5.41) is 14.0. The van der Waals surface area contributed by atoms with Crippen molar-refractivity contribution >= 4 is 28.3 Å². The molecule has 2 bridgehead atoms. The van der Waals surface area contributed by atoms with Gasteiger partial charge in [-0.15, -0.1) is 0 Å². The Morgan fingerprint density at radius 1 is 0.972 bits per heavy atom. The highest BCUT2D eigenvalue weighted by Gasteiger charge is 2.45. The molecule has 36 heavy (non-hydrogen) atoms. The first-order chi connectivity index (χ1) is 17.2. The number of nitrogens with zero attached hydrogens (tertiary/aromatic N) is 1. The second-order valence-corrected chi connectivity index (χ2v) is 10.5. The fourth-order valence-electron chi connectivity index (χ4n) is 6.45. The number of piperidine rings is 1. The number of rotatable bonds is 5. The monoisotopic (exact) mass is 506 g/mol. The Hall–Kier alpha value is -2.84. The fraction of sp³-hybridized carbons (Fsp3) is 0.556. The molecule has 2 unspecified atom stereocenters. The highest BCUT2D eigenvalue weighted by molar-refractivity contribution is 6.00. The maximum absolute atomic E-state index is 14.1. The highest BCUT2D eigenvalue weighted by Crippen LogP contribution is 2.41. The van der Waals surface area contributed by atoms with Crippen molar-refractivity contribution in [1.29, 1.82) is 0 Å². The maximum Gasteiger partial charge on any atom is 0.391 e. The molecule has 1 saturated carbocycles. The molecule has 2 N–H and O–H groups in total. The average Bonchev–Trinajstić information content (AvgIpc) is 3.11. The van der Waals surface area contributed by atoms with Crippen LogP contribution in [0.5, 0.6) is 0 Å². The minimum Gasteiger partial charge on any atom is -0.481 e. The number of alkyl halides is 4. The SMILES string of the molecule is O=C(O)C1CC2CCC(C1)N2C(=O)c1ccc2c(CF)c(N[C@H]3CC[C@@H](C(F)(F)F)CC3)ccc2c1. The van der Waals surface area contributed by atoms with Crippen LogP contribution in [-0.2, 0) is 11.5 Å². The molecular formula is C27H30F4N2O3. The maximum atomic E-state index is 14.1. The van der Waals surface area contributed by atoms with Crippen LogP contribution in [-0.4, -0.2) is 46.2 Å². The van der Waals surface area contributed by atoms with Crippen LogP contribution in [0, 0.1) is 11.8 Å². The van der Waals surface area contributed by atoms with Crippen molar-refractivity contribution in [2.24, 2.45) is 11.8 Å². The Bertz CT molecular complexity index is 1150. The number of anilines is 1. The topological polar surface area (TPSA) is 69.6 Å². The van der Waals surface area contributed by atoms with Gasteiger partial charge in [0.25, 0.3) is 5.91 Å². The molecule has 2 aliphatic heterocycles. The van der Waals surface area contributed by atoms with E-state index in [1.165, 1.54) is 0 Å². The zero-order valence-corrected chi connectivity index (χ0v) is 19.9. The summed E-state index contributed by atoms with van der Waals surface area (Å²) in [7, 11) is 0. The van der Waals surface area contributed by atoms with Crippen LogP contribution in [0.25, 0.3) is 10.8 Å². The molecule has 2 aromatic rings. The van der Waals surface area contributed by atoms with E-state index in [1.807, 2.05) is 4.90 Å². The van der Waals surface area contributed by atoms with E-state index in [-0.39, 0.29) is 36.9 Å². The van der Waals surface area contributed by atoms with Crippen molar-refractivity contribution < 1.29 is 32.3 Å². The number of amides is 1. The summed E-state index contributed by atoms with van der Waals surface area (Å²) in [5.74, 6) is -2.61. The van der Waals surface area contributed by atoms with E-state index in [4.69, 9.17) is 0 Å². The molecule has 0 aromatic heterocycles. The molecule has 3 aliphatic rings. The molecule has 2 saturated heterocycles. The van der Waals surface area contributed by atoms with Gasteiger partial charge < -0.3 is 15.3 Å². The Labute approximate surface area is 206 Å². The van der Waals surface area contributed by atoms with Crippen LogP contribution in [0.15, 0.2) is 30.3 Å². The van der Waals surface area contributed by atoms with Crippen molar-refractivity contribution in [2.45, 2.75) is 82.3 Å². The first kappa shape index (κ1) is 24.8. The van der Waals surface area contributed by atoms with E-state index in [0.29, 0.717) is 53.3 Å². The third-order valence-corrected chi connectivity index (χ3v) is 8.38. The minimum atomic E-state index is -4.17. The second kappa shape index (κ2) is 9.56. The van der Waals surface area contributed by atoms with Crippen molar-refractivity contribution in [1.82, 2.24) is 4.90 Å². The molecule has 2 aromatic carbocycles. The molecule has 1 aliphatic carbocycles. The standard InChI is InChI=1S/C27H30F4N2O3/c28-14-23-22-9-1-16(25(34)33-20-7-8-21(33)13-17(12-20)26(35)36)11-15(22)2-10-24(23)32-19-5-3-18(4-6-19)27(29,30)31/h1-2,9-11,17-21,32H,3-8,12-14H2,(H,35,36)/t17?,18-,19+,20?,21?. The molecule has 0 radical (unpaired) electrons. The van der Waals surface area contributed by atoms with Gasteiger partial charge in [0.1, 0.15) is 6.67 Å². The molecular weight excluding hydrogens is 476 g/mol. The summed E-state index contributed by atoms with van der Waals surface area (Å²) in [4.78, 5) is 26.7. The Kier molecular flexibility index (Phi) is 6.59. The molecule has 3 fully saturated rings. The molecule has 194 valence electrons. The molecule has 5 nitrogen and oxygen atoms in total. The predicted octanol–water partition coefficient (Wildman–Crippen LogP) is 6.31. The lowest BCUT2D eigenvalue weighted by atomic mass is 9.85. The van der Waals surface area contributed by atoms with E-state index in [1.54, 1.807) is 30.3 Å². The van der Waals surface area contributed by atoms with Gasteiger partial charge in [0.15, 0.2) is 0 Å². The zero-order chi connectivity index (χ0) is 25.6. The number of benzene rings is 2. The number of carboxylic acids is 1. The average molecular weight is 507 g/mol. The molecule has 0 spiro atoms. The number of fused-ring (bicyclic) bond motifs is 3. The lowest BCUT2D eigenvalue weighted by molar-refractivity contribution is -0.182. The third-order valence-electron chi connectivity index (χ3n) is 8.38. The molecule has 5 rings (SSSR count). The van der Waals surface area contributed by atoms with Gasteiger partial charge in [0.2, 0.25) is 0 Å². The van der Waals surface area contributed by atoms with Crippen LogP contribution >= 0.6 is 0 Å². The van der Waals surface area contributed by atoms with Crippen molar-refractivity contribution in [3.63, 3.8) is 0 Å². The number of hydrogen-bond acceptors (Lipinski definition) is 3. The lowest BCUT2D eigenvalue weighted by Crippen LogP contribution is -2.47. The van der Waals surface area contributed by atoms with Gasteiger partial charge in [-0.05, 0) is 80.3 Å². The molecule has 2 heterocycles. The lowest BCUT2D eigenvalue weighted by Gasteiger charge is -2.37. The van der Waals surface area contributed by atoms with Crippen LogP contribution in [0.2, 0.25) is 0 Å². The molecule has 9 heteroatoms. The van der Waals surface area contributed by atoms with Crippen LogP contribution < -0.4 is 5.32 Å². The van der Waals surface area contributed by atoms with Crippen molar-refractivity contribution in [3.05, 3.63) is 41.5 Å². The van der Waals surface area contributed by atoms with Gasteiger partial charge in [0, 0.05) is 34.9 Å². The highest BCUT2D eigenvalue weighted by atomic mass is 19.4. The zero-order valence-electron chi connectivity index (χ0n) is 19.9. The van der Waals surface area contributed by atoms with Crippen LogP contribution in [0.4, 0.5) is 23.2 Å². The van der Waals surface area contributed by atoms with Crippen molar-refractivity contribution in [2.75, 3.05) is 5.32 Å². The summed E-state index contributed by atoms with van der Waals surface area (Å²) in [6.07, 6.45) is -0.731. The number of halogens is 4. The van der Waals surface area contributed by atoms with E-state index >= 15 is 0 Å². The largest absolute Gasteiger partial charge is 0.481 e. The number of aliphatic carboxylic acids is 1. The summed E-state index contributed by atoms with van der Waals surface area (Å²) in [6, 6.07) is 8.42. The van der Waals surface area contributed by atoms with Crippen LogP contribution in [0.3, 0.4) is 0 Å². The minimum absolute atomic E-state index is 0.0663. The van der Waals surface area contributed by atoms with Crippen LogP contribution in [0.1, 0.15) is 67.3 Å². The summed E-state index contributed by atoms with van der Waals surface area (Å²) >= 11 is 0. The van der Waals surface area contributed by atoms with E-state index < -0.39 is 30.7 Å². The number of carbonyl (C=O) groups excluding carboxylic acids is 1. The van der Waals surface area contributed by atoms with Gasteiger partial charge in [-0.2, -0.15) is 13.2 Å². The third kappa shape index (κ3) is 4.64. The predicted molar refractivity (Wildman–Crippen MR) is 128 cm³/mol. The van der Waals surface area contributed by atoms with Gasteiger partial charge in [0.05, 0.1) is 11.8 Å². The Balaban J connectivity index is 1.33. The first-order valence-corrected chi connectivity index (χ1v) is 12.7. The van der Waals surface area contributed by atoms with Gasteiger partial charge in [-0.3, -0.25) is 9.59 Å². The van der Waals surface area contributed by atoms with Crippen molar-refractivity contribution in [3.8, 4) is 0 Å². The molecule has 1 amide bonds. The number of nitrogens with one attached hydrogen (secondary N) is 1. The van der Waals surface area contributed by atoms with Gasteiger partial charge in [-0.1, -0.05) is 12.1 Å². The number of hydrogen-bond donors (Lipinski definition) is 2. The number of carboxylic acid groups (broad SMARTS) is 1. The first-order valence-electron chi connectivity index (χ1n) is 12.7. The van der Waals surface area contributed by atoms with E-state index in [2.05, 4.69) is 5.32 Å². The van der Waals surface area contributed by atoms with Gasteiger partial charge >= 0.3 is 12.1 Å². The second-order valence-electron chi connectivity index (χ2n) is 10.5. The number of carbonyl (C=O) groups is 2. The summed E-state index contributed by atoms with van der Waals surface area (Å²) in [5.41, 5.74) is 1.50. The quantitative estimate of drug-likeness (QED) is 0.467. The smallest absolute Gasteiger partial charge is 0.391 e. The Morgan fingerprint density at radius 3 is 2.22 bits per heavy atom. The van der Waals surface area contributed by atoms with Gasteiger partial charge in [-0.25, -0.2) is 4.39 Å². The molecule has 2 atom stereocenters.